The van der Waals surface area contributed by atoms with Gasteiger partial charge in [0.2, 0.25) is 0 Å². The zero-order valence-electron chi connectivity index (χ0n) is 10.3. The van der Waals surface area contributed by atoms with Crippen LogP contribution < -0.4 is 5.32 Å². The van der Waals surface area contributed by atoms with Crippen molar-refractivity contribution in [1.29, 1.82) is 0 Å². The van der Waals surface area contributed by atoms with Crippen LogP contribution in [0.4, 0.5) is 0 Å². The molecule has 0 aromatic rings. The molecule has 0 saturated carbocycles. The van der Waals surface area contributed by atoms with Crippen molar-refractivity contribution >= 4 is 0 Å². The van der Waals surface area contributed by atoms with Crippen LogP contribution in [0.5, 0.6) is 0 Å². The maximum Gasteiger partial charge on any atom is 0.0602 e. The largest absolute Gasteiger partial charge is 0.314 e. The lowest BCUT2D eigenvalue weighted by molar-refractivity contribution is 0.241. The van der Waals surface area contributed by atoms with Crippen LogP contribution >= 0.6 is 0 Å². The minimum absolute atomic E-state index is 0.613. The Morgan fingerprint density at radius 1 is 1.25 bits per heavy atom. The van der Waals surface area contributed by atoms with Gasteiger partial charge in [-0.15, -0.1) is 0 Å². The van der Waals surface area contributed by atoms with Crippen LogP contribution in [0.15, 0.2) is 0 Å². The third-order valence-corrected chi connectivity index (χ3v) is 3.44. The number of piperazine rings is 1. The fourth-order valence-corrected chi connectivity index (χ4v) is 2.46. The maximum absolute atomic E-state index is 3.45. The summed E-state index contributed by atoms with van der Waals surface area (Å²) in [5.74, 6) is 7.43. The monoisotopic (exact) mass is 221 g/mol. The highest BCUT2D eigenvalue weighted by molar-refractivity contribution is 5.07. The van der Waals surface area contributed by atoms with Gasteiger partial charge < -0.3 is 10.2 Å². The highest BCUT2D eigenvalue weighted by atomic mass is 15.2. The molecule has 2 aliphatic rings. The van der Waals surface area contributed by atoms with Gasteiger partial charge in [0.25, 0.3) is 0 Å². The van der Waals surface area contributed by atoms with Gasteiger partial charge in [0.1, 0.15) is 0 Å². The molecule has 1 atom stereocenters. The van der Waals surface area contributed by atoms with Gasteiger partial charge >= 0.3 is 0 Å². The van der Waals surface area contributed by atoms with Gasteiger partial charge in [-0.05, 0) is 26.4 Å². The van der Waals surface area contributed by atoms with Crippen molar-refractivity contribution in [2.24, 2.45) is 5.92 Å². The van der Waals surface area contributed by atoms with Crippen LogP contribution in [0.2, 0.25) is 0 Å². The van der Waals surface area contributed by atoms with Gasteiger partial charge in [-0.25, -0.2) is 0 Å². The molecule has 2 heterocycles. The third kappa shape index (κ3) is 3.79. The van der Waals surface area contributed by atoms with Crippen molar-refractivity contribution in [2.45, 2.75) is 12.8 Å². The van der Waals surface area contributed by atoms with Crippen LogP contribution in [0.1, 0.15) is 12.8 Å². The number of likely N-dealkylation sites (tertiary alicyclic amines) is 1. The fraction of sp³-hybridized carbons (Fsp3) is 0.846. The van der Waals surface area contributed by atoms with E-state index in [9.17, 15) is 0 Å². The predicted molar refractivity (Wildman–Crippen MR) is 67.3 cm³/mol. The summed E-state index contributed by atoms with van der Waals surface area (Å²) in [6.45, 7) is 7.91. The van der Waals surface area contributed by atoms with E-state index in [-0.39, 0.29) is 0 Å². The molecule has 0 aromatic heterocycles. The second-order valence-corrected chi connectivity index (χ2v) is 4.95. The van der Waals surface area contributed by atoms with Crippen LogP contribution in [0, 0.1) is 17.8 Å². The molecule has 90 valence electrons. The summed E-state index contributed by atoms with van der Waals surface area (Å²) in [6.07, 6.45) is 2.60. The molecule has 2 fully saturated rings. The number of hydrogen-bond acceptors (Lipinski definition) is 3. The average molecular weight is 221 g/mol. The predicted octanol–water partition coefficient (Wildman–Crippen LogP) is 0.237. The van der Waals surface area contributed by atoms with E-state index in [1.165, 1.54) is 19.4 Å². The highest BCUT2D eigenvalue weighted by Crippen LogP contribution is 2.13. The van der Waals surface area contributed by atoms with Gasteiger partial charge in [-0.2, -0.15) is 0 Å². The quantitative estimate of drug-likeness (QED) is 0.640. The van der Waals surface area contributed by atoms with E-state index in [4.69, 9.17) is 0 Å². The summed E-state index contributed by atoms with van der Waals surface area (Å²) in [5, 5.41) is 3.36. The first-order valence-corrected chi connectivity index (χ1v) is 6.44. The summed E-state index contributed by atoms with van der Waals surface area (Å²) in [7, 11) is 2.20. The van der Waals surface area contributed by atoms with Gasteiger partial charge in [-0.1, -0.05) is 11.8 Å². The Balaban J connectivity index is 1.71. The van der Waals surface area contributed by atoms with E-state index in [1.54, 1.807) is 0 Å². The minimum Gasteiger partial charge on any atom is -0.314 e. The van der Waals surface area contributed by atoms with Crippen LogP contribution in [0.3, 0.4) is 0 Å². The van der Waals surface area contributed by atoms with Crippen LogP contribution in [-0.2, 0) is 0 Å². The van der Waals surface area contributed by atoms with Crippen molar-refractivity contribution in [2.75, 3.05) is 52.9 Å². The lowest BCUT2D eigenvalue weighted by Gasteiger charge is -2.27. The first-order chi connectivity index (χ1) is 7.84. The van der Waals surface area contributed by atoms with E-state index in [0.717, 1.165) is 39.3 Å². The first kappa shape index (κ1) is 11.9. The Hall–Kier alpha value is -0.560. The maximum atomic E-state index is 3.45. The average Bonchev–Trinajstić information content (AvgIpc) is 2.30. The molecule has 0 bridgehead atoms. The Morgan fingerprint density at radius 3 is 2.81 bits per heavy atom. The Labute approximate surface area is 99.2 Å². The number of piperidine rings is 1. The molecular formula is C13H23N3. The molecule has 0 spiro atoms. The lowest BCUT2D eigenvalue weighted by atomic mass is 9.99. The molecule has 0 aliphatic carbocycles. The highest BCUT2D eigenvalue weighted by Gasteiger charge is 2.14. The summed E-state index contributed by atoms with van der Waals surface area (Å²) >= 11 is 0. The van der Waals surface area contributed by atoms with Crippen molar-refractivity contribution < 1.29 is 0 Å². The second kappa shape index (κ2) is 6.24. The van der Waals surface area contributed by atoms with E-state index < -0.39 is 0 Å². The number of hydrogen-bond donors (Lipinski definition) is 1. The zero-order chi connectivity index (χ0) is 11.2. The number of nitrogens with zero attached hydrogens (tertiary/aromatic N) is 2. The molecule has 1 N–H and O–H groups in total. The topological polar surface area (TPSA) is 18.5 Å². The first-order valence-electron chi connectivity index (χ1n) is 6.44. The van der Waals surface area contributed by atoms with Gasteiger partial charge in [0, 0.05) is 38.6 Å². The van der Waals surface area contributed by atoms with E-state index in [1.807, 2.05) is 0 Å². The lowest BCUT2D eigenvalue weighted by Crippen LogP contribution is -2.43. The van der Waals surface area contributed by atoms with Gasteiger partial charge in [-0.3, -0.25) is 4.90 Å². The SMILES string of the molecule is CN1CCCC(C#CCN2CCNCC2)C1. The summed E-state index contributed by atoms with van der Waals surface area (Å²) < 4.78 is 0. The fourth-order valence-electron chi connectivity index (χ4n) is 2.46. The standard InChI is InChI=1S/C13H23N3/c1-15-8-2-4-13(12-15)5-3-9-16-10-6-14-7-11-16/h13-14H,2,4,6-12H2,1H3. The summed E-state index contributed by atoms with van der Waals surface area (Å²) in [6, 6.07) is 0. The molecule has 0 radical (unpaired) electrons. The minimum atomic E-state index is 0.613. The summed E-state index contributed by atoms with van der Waals surface area (Å²) in [4.78, 5) is 4.84. The van der Waals surface area contributed by atoms with Crippen molar-refractivity contribution in [1.82, 2.24) is 15.1 Å². The molecule has 3 heteroatoms. The van der Waals surface area contributed by atoms with Crippen LogP contribution in [0.25, 0.3) is 0 Å². The van der Waals surface area contributed by atoms with Crippen molar-refractivity contribution in [3.63, 3.8) is 0 Å². The van der Waals surface area contributed by atoms with Gasteiger partial charge in [0.05, 0.1) is 6.54 Å². The Morgan fingerprint density at radius 2 is 2.06 bits per heavy atom. The molecule has 2 aliphatic heterocycles. The number of nitrogens with one attached hydrogen (secondary N) is 1. The molecule has 16 heavy (non-hydrogen) atoms. The molecule has 2 saturated heterocycles. The van der Waals surface area contributed by atoms with E-state index in [2.05, 4.69) is 34.0 Å². The molecule has 2 rings (SSSR count). The Bertz CT molecular complexity index is 260. The van der Waals surface area contributed by atoms with Gasteiger partial charge in [0.15, 0.2) is 0 Å². The molecule has 0 aromatic carbocycles. The van der Waals surface area contributed by atoms with Crippen molar-refractivity contribution in [3.05, 3.63) is 0 Å². The smallest absolute Gasteiger partial charge is 0.0602 e. The van der Waals surface area contributed by atoms with E-state index >= 15 is 0 Å². The molecule has 3 nitrogen and oxygen atoms in total. The molecular weight excluding hydrogens is 198 g/mol. The zero-order valence-corrected chi connectivity index (χ0v) is 10.3. The molecule has 0 amide bonds. The number of rotatable bonds is 1. The van der Waals surface area contributed by atoms with E-state index in [0.29, 0.717) is 5.92 Å². The summed E-state index contributed by atoms with van der Waals surface area (Å²) in [5.41, 5.74) is 0. The van der Waals surface area contributed by atoms with Crippen LogP contribution in [-0.4, -0.2) is 62.7 Å². The second-order valence-electron chi connectivity index (χ2n) is 4.95. The Kier molecular flexibility index (Phi) is 4.65. The normalized spacial score (nSPS) is 28.4. The van der Waals surface area contributed by atoms with Crippen molar-refractivity contribution in [3.8, 4) is 11.8 Å². The molecule has 1 unspecified atom stereocenters. The third-order valence-electron chi connectivity index (χ3n) is 3.44.